The fourth-order valence-corrected chi connectivity index (χ4v) is 1.89. The molecule has 5 heteroatoms. The normalized spacial score (nSPS) is 11.1. The molecule has 0 amide bonds. The van der Waals surface area contributed by atoms with Gasteiger partial charge in [-0.15, -0.1) is 0 Å². The average molecular weight is 273 g/mol. The maximum Gasteiger partial charge on any atom is 0.164 e. The molecule has 2 heterocycles. The molecule has 0 aliphatic carbocycles. The molecule has 0 saturated heterocycles. The standard InChI is InChI=1S/C15H23N5/c1-5-7-16-14-8-13(11(3)4)18-15(19-14)12-9-17-20(6-2)10-12/h8-11H,5-7H2,1-4H3,(H,16,18,19). The molecule has 0 fully saturated rings. The van der Waals surface area contributed by atoms with Crippen LogP contribution in [0.4, 0.5) is 5.82 Å². The Kier molecular flexibility index (Phi) is 4.71. The van der Waals surface area contributed by atoms with E-state index in [4.69, 9.17) is 0 Å². The first-order valence-corrected chi connectivity index (χ1v) is 7.29. The maximum atomic E-state index is 4.65. The summed E-state index contributed by atoms with van der Waals surface area (Å²) in [5.74, 6) is 2.01. The van der Waals surface area contributed by atoms with Crippen LogP contribution in [0.5, 0.6) is 0 Å². The number of aryl methyl sites for hydroxylation is 1. The van der Waals surface area contributed by atoms with E-state index >= 15 is 0 Å². The molecule has 0 saturated carbocycles. The quantitative estimate of drug-likeness (QED) is 0.877. The second kappa shape index (κ2) is 6.50. The topological polar surface area (TPSA) is 55.6 Å². The summed E-state index contributed by atoms with van der Waals surface area (Å²) in [5, 5.41) is 7.64. The third-order valence-corrected chi connectivity index (χ3v) is 3.11. The van der Waals surface area contributed by atoms with Crippen molar-refractivity contribution < 1.29 is 0 Å². The molecule has 0 unspecified atom stereocenters. The lowest BCUT2D eigenvalue weighted by atomic mass is 10.1. The van der Waals surface area contributed by atoms with Crippen LogP contribution in [-0.2, 0) is 6.54 Å². The highest BCUT2D eigenvalue weighted by Gasteiger charge is 2.10. The monoisotopic (exact) mass is 273 g/mol. The lowest BCUT2D eigenvalue weighted by molar-refractivity contribution is 0.660. The minimum Gasteiger partial charge on any atom is -0.370 e. The van der Waals surface area contributed by atoms with Crippen molar-refractivity contribution >= 4 is 5.82 Å². The van der Waals surface area contributed by atoms with Gasteiger partial charge in [-0.3, -0.25) is 4.68 Å². The average Bonchev–Trinajstić information content (AvgIpc) is 2.93. The minimum absolute atomic E-state index is 0.375. The Morgan fingerprint density at radius 2 is 2.05 bits per heavy atom. The van der Waals surface area contributed by atoms with Crippen LogP contribution in [0.1, 0.15) is 45.7 Å². The number of rotatable bonds is 6. The molecule has 20 heavy (non-hydrogen) atoms. The van der Waals surface area contributed by atoms with Gasteiger partial charge in [0, 0.05) is 31.0 Å². The third kappa shape index (κ3) is 3.35. The van der Waals surface area contributed by atoms with Crippen molar-refractivity contribution in [2.45, 2.75) is 46.6 Å². The number of nitrogens with one attached hydrogen (secondary N) is 1. The van der Waals surface area contributed by atoms with Crippen LogP contribution in [0.3, 0.4) is 0 Å². The van der Waals surface area contributed by atoms with E-state index in [1.54, 1.807) is 0 Å². The predicted molar refractivity (Wildman–Crippen MR) is 81.8 cm³/mol. The number of hydrogen-bond donors (Lipinski definition) is 1. The fraction of sp³-hybridized carbons (Fsp3) is 0.533. The molecule has 0 aromatic carbocycles. The van der Waals surface area contributed by atoms with Crippen molar-refractivity contribution in [1.29, 1.82) is 0 Å². The summed E-state index contributed by atoms with van der Waals surface area (Å²) in [7, 11) is 0. The third-order valence-electron chi connectivity index (χ3n) is 3.11. The van der Waals surface area contributed by atoms with Crippen LogP contribution in [0.25, 0.3) is 11.4 Å². The van der Waals surface area contributed by atoms with Gasteiger partial charge in [-0.1, -0.05) is 20.8 Å². The minimum atomic E-state index is 0.375. The first kappa shape index (κ1) is 14.5. The summed E-state index contributed by atoms with van der Waals surface area (Å²) < 4.78 is 1.89. The van der Waals surface area contributed by atoms with E-state index in [0.29, 0.717) is 5.92 Å². The maximum absolute atomic E-state index is 4.65. The number of nitrogens with zero attached hydrogens (tertiary/aromatic N) is 4. The Morgan fingerprint density at radius 3 is 2.65 bits per heavy atom. The molecule has 0 radical (unpaired) electrons. The molecule has 0 atom stereocenters. The van der Waals surface area contributed by atoms with Crippen molar-refractivity contribution in [1.82, 2.24) is 19.7 Å². The van der Waals surface area contributed by atoms with E-state index in [1.165, 1.54) is 0 Å². The SMILES string of the molecule is CCCNc1cc(C(C)C)nc(-c2cnn(CC)c2)n1. The first-order chi connectivity index (χ1) is 9.63. The molecule has 0 spiro atoms. The zero-order valence-electron chi connectivity index (χ0n) is 12.7. The van der Waals surface area contributed by atoms with Gasteiger partial charge in [0.15, 0.2) is 5.82 Å². The summed E-state index contributed by atoms with van der Waals surface area (Å²) in [4.78, 5) is 9.25. The summed E-state index contributed by atoms with van der Waals surface area (Å²) in [6, 6.07) is 2.04. The number of hydrogen-bond acceptors (Lipinski definition) is 4. The largest absolute Gasteiger partial charge is 0.370 e. The molecule has 0 aliphatic heterocycles. The lowest BCUT2D eigenvalue weighted by Crippen LogP contribution is -2.06. The molecule has 1 N–H and O–H groups in total. The molecule has 2 aromatic rings. The van der Waals surface area contributed by atoms with E-state index in [0.717, 1.165) is 42.4 Å². The molecule has 2 aromatic heterocycles. The lowest BCUT2D eigenvalue weighted by Gasteiger charge is -2.10. The molecular weight excluding hydrogens is 250 g/mol. The number of aromatic nitrogens is 4. The summed E-state index contributed by atoms with van der Waals surface area (Å²) >= 11 is 0. The fourth-order valence-electron chi connectivity index (χ4n) is 1.89. The van der Waals surface area contributed by atoms with Crippen LogP contribution < -0.4 is 5.32 Å². The zero-order valence-corrected chi connectivity index (χ0v) is 12.7. The van der Waals surface area contributed by atoms with Gasteiger partial charge in [0.2, 0.25) is 0 Å². The molecule has 2 rings (SSSR count). The van der Waals surface area contributed by atoms with E-state index in [2.05, 4.69) is 48.1 Å². The first-order valence-electron chi connectivity index (χ1n) is 7.29. The molecule has 0 bridgehead atoms. The van der Waals surface area contributed by atoms with Crippen molar-refractivity contribution in [2.75, 3.05) is 11.9 Å². The van der Waals surface area contributed by atoms with Crippen molar-refractivity contribution in [3.05, 3.63) is 24.2 Å². The van der Waals surface area contributed by atoms with Gasteiger partial charge in [-0.05, 0) is 19.3 Å². The van der Waals surface area contributed by atoms with Crippen LogP contribution in [-0.4, -0.2) is 26.3 Å². The Bertz CT molecular complexity index is 559. The van der Waals surface area contributed by atoms with Crippen LogP contribution in [0.15, 0.2) is 18.5 Å². The van der Waals surface area contributed by atoms with Crippen LogP contribution >= 0.6 is 0 Å². The molecular formula is C15H23N5. The van der Waals surface area contributed by atoms with Gasteiger partial charge in [-0.25, -0.2) is 9.97 Å². The van der Waals surface area contributed by atoms with Crippen molar-refractivity contribution in [2.24, 2.45) is 0 Å². The summed E-state index contributed by atoms with van der Waals surface area (Å²) in [6.07, 6.45) is 4.89. The second-order valence-corrected chi connectivity index (χ2v) is 5.17. The highest BCUT2D eigenvalue weighted by atomic mass is 15.3. The Labute approximate surface area is 120 Å². The van der Waals surface area contributed by atoms with E-state index in [-0.39, 0.29) is 0 Å². The second-order valence-electron chi connectivity index (χ2n) is 5.17. The van der Waals surface area contributed by atoms with E-state index < -0.39 is 0 Å². The van der Waals surface area contributed by atoms with Gasteiger partial charge in [0.25, 0.3) is 0 Å². The van der Waals surface area contributed by atoms with Gasteiger partial charge < -0.3 is 5.32 Å². The highest BCUT2D eigenvalue weighted by molar-refractivity contribution is 5.55. The molecule has 5 nitrogen and oxygen atoms in total. The van der Waals surface area contributed by atoms with Gasteiger partial charge >= 0.3 is 0 Å². The van der Waals surface area contributed by atoms with Gasteiger partial charge in [0.05, 0.1) is 11.8 Å². The summed E-state index contributed by atoms with van der Waals surface area (Å²) in [5.41, 5.74) is 2.02. The van der Waals surface area contributed by atoms with Crippen molar-refractivity contribution in [3.8, 4) is 11.4 Å². The Morgan fingerprint density at radius 1 is 1.25 bits per heavy atom. The Hall–Kier alpha value is -1.91. The van der Waals surface area contributed by atoms with Gasteiger partial charge in [0.1, 0.15) is 5.82 Å². The van der Waals surface area contributed by atoms with Crippen molar-refractivity contribution in [3.63, 3.8) is 0 Å². The smallest absolute Gasteiger partial charge is 0.164 e. The Balaban J connectivity index is 2.37. The molecule has 108 valence electrons. The van der Waals surface area contributed by atoms with Crippen LogP contribution in [0, 0.1) is 0 Å². The van der Waals surface area contributed by atoms with E-state index in [1.807, 2.05) is 23.1 Å². The van der Waals surface area contributed by atoms with Crippen LogP contribution in [0.2, 0.25) is 0 Å². The zero-order chi connectivity index (χ0) is 14.5. The van der Waals surface area contributed by atoms with E-state index in [9.17, 15) is 0 Å². The number of anilines is 1. The molecule has 0 aliphatic rings. The highest BCUT2D eigenvalue weighted by Crippen LogP contribution is 2.21. The summed E-state index contributed by atoms with van der Waals surface area (Å²) in [6.45, 7) is 10.3. The predicted octanol–water partition coefficient (Wildman–Crippen LogP) is 3.31. The van der Waals surface area contributed by atoms with Gasteiger partial charge in [-0.2, -0.15) is 5.10 Å².